The summed E-state index contributed by atoms with van der Waals surface area (Å²) in [5.41, 5.74) is 2.33. The lowest BCUT2D eigenvalue weighted by molar-refractivity contribution is 0.109. The largest absolute Gasteiger partial charge is 0.610 e. The number of hydrogen-bond donors (Lipinski definition) is 0. The predicted molar refractivity (Wildman–Crippen MR) is 682 cm³/mol. The van der Waals surface area contributed by atoms with Crippen LogP contribution in [-0.2, 0) is 0 Å². The fourth-order valence-corrected chi connectivity index (χ4v) is 46.1. The monoisotopic (exact) mass is 2170 g/mol. The van der Waals surface area contributed by atoms with Crippen LogP contribution in [0.15, 0.2) is 0 Å². The topological polar surface area (TPSA) is 58.3 Å². The van der Waals surface area contributed by atoms with Crippen molar-refractivity contribution >= 4 is 88.9 Å². The molecule has 0 aromatic rings. The molecule has 0 aliphatic heterocycles. The molecule has 0 N–H and O–H groups in total. The maximum atomic E-state index is 2.99. The molecular formula is C123H282Al6N18. The molecule has 6 atom stereocenters. The van der Waals surface area contributed by atoms with Crippen LogP contribution in [0.4, 0.5) is 0 Å². The van der Waals surface area contributed by atoms with Crippen LogP contribution in [0, 0.1) is 0 Å². The number of rotatable bonds is 63. The van der Waals surface area contributed by atoms with Gasteiger partial charge in [-0.3, -0.25) is 0 Å². The third kappa shape index (κ3) is 60.0. The summed E-state index contributed by atoms with van der Waals surface area (Å²) in [6.45, 7) is 168. The lowest BCUT2D eigenvalue weighted by atomic mass is 10.1. The van der Waals surface area contributed by atoms with E-state index < -0.39 is 88.9 Å². The van der Waals surface area contributed by atoms with Gasteiger partial charge in [0.2, 0.25) is 0 Å². The molecule has 0 saturated carbocycles. The van der Waals surface area contributed by atoms with Crippen molar-refractivity contribution in [1.82, 2.24) is 69.9 Å². The van der Waals surface area contributed by atoms with E-state index in [1.54, 1.807) is 0 Å². The minimum Gasteiger partial charge on any atom is -0.355 e. The van der Waals surface area contributed by atoms with Gasteiger partial charge in [-0.1, -0.05) is 225 Å². The second-order valence-electron chi connectivity index (χ2n) is 56.6. The second kappa shape index (κ2) is 78.0. The van der Waals surface area contributed by atoms with E-state index in [2.05, 4.69) is 527 Å². The molecule has 147 heavy (non-hydrogen) atoms. The average Bonchev–Trinajstić information content (AvgIpc) is 0.771. The summed E-state index contributed by atoms with van der Waals surface area (Å²) in [6, 6.07) is 4.11. The fraction of sp³-hybridized carbons (Fsp3) is 1.00. The SMILES string of the molecule is CCCC[N](C(C)CC)[Al]([N](CCCC)C(C)CC)[N](CCCC)C(C)CC.CCCC[N]([Al]([N](CCCC)C(C)(C)C)[N](CCCC)C(C)(C)C)C(C)(C)C.CCC[N](C(C)CC)[Al]([N](CCC)C(C)CC)[N](CCC)C(C)CC.CCC[N]([Al]([N](CCC)C(C)(C)C)[N](CCC)C(C)(C)C)C(C)(C)C.CC[N]([Al]([N](CC)C(C)(C)C)[N](CC)C(C)(C)C)C(C)(C)C.C[N]([Al]([N](C)C(C)(C)C)[N](C)C(C)(C)C)C(C)(C)C. The third-order valence-corrected chi connectivity index (χ3v) is 58.8. The Morgan fingerprint density at radius 3 is 0.388 bits per heavy atom. The highest BCUT2D eigenvalue weighted by Gasteiger charge is 2.56. The van der Waals surface area contributed by atoms with E-state index in [0.717, 1.165) is 19.6 Å². The number of unbranched alkanes of at least 4 members (excludes halogenated alkanes) is 6. The molecule has 0 fully saturated rings. The molecule has 882 valence electrons. The van der Waals surface area contributed by atoms with Gasteiger partial charge in [-0.15, -0.1) is 0 Å². The van der Waals surface area contributed by atoms with Crippen molar-refractivity contribution in [1.29, 1.82) is 0 Å². The molecule has 0 amide bonds. The van der Waals surface area contributed by atoms with Gasteiger partial charge in [0.15, 0.2) is 0 Å². The lowest BCUT2D eigenvalue weighted by Crippen LogP contribution is -2.73. The Hall–Kier alpha value is 2.47. The molecule has 24 heteroatoms. The highest BCUT2D eigenvalue weighted by Crippen LogP contribution is 2.37. The van der Waals surface area contributed by atoms with Crippen LogP contribution in [0.1, 0.15) is 590 Å². The minimum atomic E-state index is -1.55. The Balaban J connectivity index is -0.000000407. The van der Waals surface area contributed by atoms with E-state index in [0.29, 0.717) is 36.3 Å². The van der Waals surface area contributed by atoms with Gasteiger partial charge in [-0.2, -0.15) is 0 Å². The van der Waals surface area contributed by atoms with Gasteiger partial charge in [0.1, 0.15) is 0 Å². The first kappa shape index (κ1) is 160. The van der Waals surface area contributed by atoms with Gasteiger partial charge < -0.3 is 69.9 Å². The first-order chi connectivity index (χ1) is 67.1. The molecule has 0 heterocycles. The summed E-state index contributed by atoms with van der Waals surface area (Å²) in [4.78, 5) is 0. The van der Waals surface area contributed by atoms with E-state index in [1.807, 2.05) is 0 Å². The third-order valence-electron chi connectivity index (χ3n) is 31.6. The summed E-state index contributed by atoms with van der Waals surface area (Å²) in [5.74, 6) is 0. The molecule has 0 aliphatic rings. The summed E-state index contributed by atoms with van der Waals surface area (Å²) >= 11 is -8.66. The van der Waals surface area contributed by atoms with E-state index in [4.69, 9.17) is 0 Å². The van der Waals surface area contributed by atoms with Crippen molar-refractivity contribution in [2.75, 3.05) is 119 Å². The molecule has 0 radical (unpaired) electrons. The van der Waals surface area contributed by atoms with Crippen molar-refractivity contribution in [3.05, 3.63) is 0 Å². The molecule has 0 rings (SSSR count). The predicted octanol–water partition coefficient (Wildman–Crippen LogP) is 31.8. The van der Waals surface area contributed by atoms with Crippen molar-refractivity contribution in [2.45, 2.75) is 693 Å². The summed E-state index contributed by atoms with van der Waals surface area (Å²) in [6.07, 6.45) is 30.5. The van der Waals surface area contributed by atoms with E-state index >= 15 is 0 Å². The van der Waals surface area contributed by atoms with Crippen LogP contribution in [0.2, 0.25) is 0 Å². The number of hydrogen-bond acceptors (Lipinski definition) is 18. The number of nitrogens with zero attached hydrogens (tertiary/aromatic N) is 18. The highest BCUT2D eigenvalue weighted by molar-refractivity contribution is 6.52. The highest BCUT2D eigenvalue weighted by atomic mass is 27.2. The van der Waals surface area contributed by atoms with E-state index in [-0.39, 0.29) is 66.5 Å². The van der Waals surface area contributed by atoms with E-state index in [9.17, 15) is 0 Å². The minimum absolute atomic E-state index is 0.190. The first-order valence-electron chi connectivity index (χ1n) is 62.7. The van der Waals surface area contributed by atoms with Crippen LogP contribution < -0.4 is 0 Å². The van der Waals surface area contributed by atoms with Gasteiger partial charge in [0.05, 0.1) is 0 Å². The molecule has 0 saturated heterocycles. The first-order valence-corrected chi connectivity index (χ1v) is 72.0. The van der Waals surface area contributed by atoms with Crippen LogP contribution in [0.25, 0.3) is 0 Å². The summed E-state index contributed by atoms with van der Waals surface area (Å²) in [5, 5.41) is 0. The molecule has 6 unspecified atom stereocenters. The molecule has 0 bridgehead atoms. The Bertz CT molecular complexity index is 2760. The van der Waals surface area contributed by atoms with Gasteiger partial charge in [0, 0.05) is 0 Å². The summed E-state index contributed by atoms with van der Waals surface area (Å²) in [7, 11) is 6.84. The molecule has 0 aliphatic carbocycles. The molecule has 0 aromatic heterocycles. The zero-order chi connectivity index (χ0) is 117. The zero-order valence-electron chi connectivity index (χ0n) is 115. The van der Waals surface area contributed by atoms with Gasteiger partial charge >= 0.3 is 88.9 Å². The standard InChI is InChI=1S/6C8H18N.6C7H16N.3C6H14N.3C5H12N.6Al/c3*1-5-6-7-9-8(2,3)4;3*1-4-6-7-9-8(3)5-2;3*1-5-6-8-7(2,3)4;3*1-4-6-8-7(3)5-2;3*1-5-7-6(2,3)4;3*1-5(2,3)6-4;;;;;;/h3*5-7H2,1-4H3;3*8H,4-7H2,1-3H3;3*5-6H2,1-4H3;3*7H,4-6H2,1-3H3;3*5H2,1-4H3;3*1-4H3;;;;;;/q18*-1;6*+3. The maximum Gasteiger partial charge on any atom is 0.610 e. The van der Waals surface area contributed by atoms with Crippen molar-refractivity contribution in [3.8, 4) is 0 Å². The van der Waals surface area contributed by atoms with Crippen molar-refractivity contribution < 1.29 is 0 Å². The average molecular weight is 2180 g/mol. The normalized spacial score (nSPS) is 14.7. The zero-order valence-corrected chi connectivity index (χ0v) is 121. The fourth-order valence-electron chi connectivity index (χ4n) is 20.5. The molecular weight excluding hydrogens is 1890 g/mol. The second-order valence-corrected chi connectivity index (χ2v) is 72.6. The maximum absolute atomic E-state index is 2.99. The van der Waals surface area contributed by atoms with Gasteiger partial charge in [0.25, 0.3) is 0 Å². The quantitative estimate of drug-likeness (QED) is 0.0543. The van der Waals surface area contributed by atoms with Crippen LogP contribution >= 0.6 is 0 Å². The van der Waals surface area contributed by atoms with Crippen molar-refractivity contribution in [3.63, 3.8) is 0 Å². The van der Waals surface area contributed by atoms with Crippen LogP contribution in [0.5, 0.6) is 0 Å². The smallest absolute Gasteiger partial charge is 0.355 e. The molecule has 0 aromatic carbocycles. The summed E-state index contributed by atoms with van der Waals surface area (Å²) < 4.78 is 51.3. The molecule has 0 spiro atoms. The van der Waals surface area contributed by atoms with Crippen LogP contribution in [-0.4, -0.2) is 381 Å². The Morgan fingerprint density at radius 2 is 0.272 bits per heavy atom. The molecule has 18 nitrogen and oxygen atoms in total. The Labute approximate surface area is 962 Å². The Kier molecular flexibility index (Phi) is 84.9. The van der Waals surface area contributed by atoms with E-state index in [1.165, 1.54) is 233 Å². The van der Waals surface area contributed by atoms with Crippen LogP contribution in [0.3, 0.4) is 0 Å². The Morgan fingerprint density at radius 1 is 0.143 bits per heavy atom. The van der Waals surface area contributed by atoms with Crippen molar-refractivity contribution in [2.24, 2.45) is 0 Å². The lowest BCUT2D eigenvalue weighted by Gasteiger charge is -2.54. The van der Waals surface area contributed by atoms with Gasteiger partial charge in [-0.25, -0.2) is 0 Å². The van der Waals surface area contributed by atoms with Gasteiger partial charge in [-0.05, 0) is 587 Å².